The molecule has 18 atom stereocenters. The van der Waals surface area contributed by atoms with Crippen LogP contribution in [-0.2, 0) is 10.8 Å². The molecule has 1 aromatic heterocycles. The zero-order valence-electron chi connectivity index (χ0n) is 47.2. The van der Waals surface area contributed by atoms with Crippen molar-refractivity contribution in [2.75, 3.05) is 4.90 Å². The molecule has 444 valence electrons. The normalized spacial score (nSPS) is 15.0. The molecule has 8 aromatic carbocycles. The quantitative estimate of drug-likeness (QED) is 0.0778. The van der Waals surface area contributed by atoms with E-state index in [-0.39, 0.29) is 102 Å². The number of para-hydroxylation sites is 2. The Bertz CT molecular complexity index is 3690. The summed E-state index contributed by atoms with van der Waals surface area (Å²) in [6, 6.07) is 67.5. The molecule has 0 aliphatic heterocycles. The number of rotatable bonds is 18. The number of nitrogens with zero attached hydrogens (tertiary/aromatic N) is 2. The highest BCUT2D eigenvalue weighted by atomic mass is 33.5. The number of aromatic nitrogens is 1. The third kappa shape index (κ3) is 15.3. The van der Waals surface area contributed by atoms with E-state index in [2.05, 4.69) is 353 Å². The van der Waals surface area contributed by atoms with Crippen LogP contribution in [0.4, 0.5) is 17.1 Å². The highest BCUT2D eigenvalue weighted by molar-refractivity contribution is 9.43. The van der Waals surface area contributed by atoms with Crippen LogP contribution in [0, 0.1) is 0 Å². The Balaban J connectivity index is 0.000000237. The third-order valence-electron chi connectivity index (χ3n) is 15.2. The molecule has 0 saturated heterocycles. The van der Waals surface area contributed by atoms with Crippen LogP contribution in [0.2, 0.25) is 0 Å². The Labute approximate surface area is 557 Å². The van der Waals surface area contributed by atoms with E-state index in [1.807, 2.05) is 0 Å². The predicted octanol–water partition coefficient (Wildman–Crippen LogP) is 31.2. The van der Waals surface area contributed by atoms with Crippen LogP contribution in [0.5, 0.6) is 0 Å². The fraction of sp³-hybridized carbons (Fsp3) is 0.111. The predicted molar refractivity (Wildman–Crippen MR) is 480 cm³/mol. The molecule has 2 aliphatic rings. The Morgan fingerprint density at radius 3 is 1.28 bits per heavy atom. The van der Waals surface area contributed by atoms with Crippen molar-refractivity contribution in [2.24, 2.45) is 0 Å². The standard InChI is InChI=1S/C54H42N2.H31P29/c1-53(2)42-26-11-8-22-39(42)51-44(53)28-16-32-48(51)56(49-33-17-29-45-52(49)40-23-9-12-27-43(40)54(45,3)4)37-21-14-18-35(34-37)38-25-15-31-47-50(38)41-24-10-13-30-46(41)55(47)36-19-6-5-7-20-36;1-16-24(17(2)3)28(25(18(4)5)19(6)7)29(26(20(8)9)21(10)11)27(22(12)13)23(14)15/h5-34H,1-4H3;16H,1-15H2. The second-order valence-electron chi connectivity index (χ2n) is 20.9. The average molecular weight is 1650 g/mol. The van der Waals surface area contributed by atoms with E-state index in [9.17, 15) is 0 Å². The summed E-state index contributed by atoms with van der Waals surface area (Å²) < 4.78 is 2.41. The van der Waals surface area contributed by atoms with Crippen LogP contribution < -0.4 is 4.90 Å². The summed E-state index contributed by atoms with van der Waals surface area (Å²) in [6.45, 7) is 9.67. The summed E-state index contributed by atoms with van der Waals surface area (Å²) in [5.41, 5.74) is 20.0. The molecule has 11 rings (SSSR count). The summed E-state index contributed by atoms with van der Waals surface area (Å²) in [5, 5.41) is 2.52. The van der Waals surface area contributed by atoms with Gasteiger partial charge in [-0.3, -0.25) is 0 Å². The van der Waals surface area contributed by atoms with Gasteiger partial charge in [0.1, 0.15) is 0 Å². The Morgan fingerprint density at radius 1 is 0.376 bits per heavy atom. The first-order chi connectivity index (χ1) is 40.5. The van der Waals surface area contributed by atoms with E-state index in [0.717, 1.165) is 19.3 Å². The van der Waals surface area contributed by atoms with E-state index < -0.39 is 0 Å². The van der Waals surface area contributed by atoms with Crippen LogP contribution in [-0.4, -0.2) is 4.57 Å². The van der Waals surface area contributed by atoms with E-state index in [4.69, 9.17) is 0 Å². The topological polar surface area (TPSA) is 8.17 Å². The van der Waals surface area contributed by atoms with Gasteiger partial charge in [0.25, 0.3) is 0 Å². The summed E-state index contributed by atoms with van der Waals surface area (Å²) in [6.07, 6.45) is 0. The molecule has 18 unspecified atom stereocenters. The van der Waals surface area contributed by atoms with Crippen molar-refractivity contribution in [3.8, 4) is 39.1 Å². The van der Waals surface area contributed by atoms with Crippen molar-refractivity contribution in [1.82, 2.24) is 4.57 Å². The molecule has 0 amide bonds. The maximum atomic E-state index is 3.28. The number of hydrogen-bond donors (Lipinski definition) is 0. The monoisotopic (exact) mass is 1650 g/mol. The van der Waals surface area contributed by atoms with Crippen LogP contribution in [0.15, 0.2) is 182 Å². The molecule has 0 radical (unpaired) electrons. The first-order valence-corrected chi connectivity index (χ1v) is 78.5. The fourth-order valence-electron chi connectivity index (χ4n) is 11.7. The first-order valence-electron chi connectivity index (χ1n) is 26.3. The SMILES string of the molecule is CC1(C)c2ccccc2-c2c(N(c3cccc(-c4cccc5c4c4ccccc4n5-c4ccccc4)c3)c3cccc4c3-c3ccccc3C4(C)C)cccc21.PPP(P(P)P)P(P(P(P)P)P(P)P)P(P(P(P)P)P(P)P)P(P(P)P)P(P)P. The Hall–Kier alpha value is 5.83. The number of anilines is 3. The summed E-state index contributed by atoms with van der Waals surface area (Å²) in [7, 11) is 50.2. The van der Waals surface area contributed by atoms with Crippen molar-refractivity contribution in [2.45, 2.75) is 38.5 Å². The van der Waals surface area contributed by atoms with Gasteiger partial charge in [0, 0.05) is 44.1 Å². The Morgan fingerprint density at radius 2 is 0.788 bits per heavy atom. The summed E-state index contributed by atoms with van der Waals surface area (Å²) in [5.74, 6) is 0. The van der Waals surface area contributed by atoms with Gasteiger partial charge >= 0.3 is 0 Å². The molecule has 31 heteroatoms. The highest BCUT2D eigenvalue weighted by Crippen LogP contribution is 3.37. The molecule has 1 heterocycles. The lowest BCUT2D eigenvalue weighted by atomic mass is 9.82. The average Bonchev–Trinajstić information content (AvgIpc) is 1.73. The Kier molecular flexibility index (Phi) is 28.1. The van der Waals surface area contributed by atoms with Crippen molar-refractivity contribution >= 4 is 272 Å². The lowest BCUT2D eigenvalue weighted by Crippen LogP contribution is -2.17. The van der Waals surface area contributed by atoms with Gasteiger partial charge in [-0.1, -0.05) is 169 Å². The molecule has 0 saturated carbocycles. The molecular weight excluding hydrogens is 1570 g/mol. The van der Waals surface area contributed by atoms with Gasteiger partial charge in [0.05, 0.1) is 22.4 Å². The van der Waals surface area contributed by atoms with Crippen molar-refractivity contribution < 1.29 is 0 Å². The van der Waals surface area contributed by atoms with Gasteiger partial charge in [0.2, 0.25) is 0 Å². The highest BCUT2D eigenvalue weighted by Gasteiger charge is 2.50. The minimum atomic E-state index is -0.120. The smallest absolute Gasteiger partial charge is 0.0547 e. The van der Waals surface area contributed by atoms with E-state index in [0.29, 0.717) is 0 Å². The van der Waals surface area contributed by atoms with Gasteiger partial charge in [-0.15, -0.1) is 134 Å². The molecule has 9 aromatic rings. The van der Waals surface area contributed by atoms with Gasteiger partial charge in [0.15, 0.2) is 0 Å². The molecular formula is C54H73N2P29. The zero-order valence-corrected chi connectivity index (χ0v) is 77.1. The first kappa shape index (κ1) is 73.5. The van der Waals surface area contributed by atoms with Crippen LogP contribution in [0.25, 0.3) is 60.9 Å². The van der Waals surface area contributed by atoms with Gasteiger partial charge in [-0.05, 0) is 184 Å². The van der Waals surface area contributed by atoms with Gasteiger partial charge < -0.3 is 9.47 Å². The minimum Gasteiger partial charge on any atom is -0.309 e. The van der Waals surface area contributed by atoms with Crippen LogP contribution in [0.1, 0.15) is 49.9 Å². The molecule has 0 N–H and O–H groups in total. The zero-order chi connectivity index (χ0) is 61.0. The number of fused-ring (bicyclic) bond motifs is 9. The van der Waals surface area contributed by atoms with E-state index in [1.165, 1.54) is 88.8 Å². The van der Waals surface area contributed by atoms with Crippen molar-refractivity contribution in [3.05, 3.63) is 204 Å². The maximum Gasteiger partial charge on any atom is 0.0547 e. The van der Waals surface area contributed by atoms with Gasteiger partial charge in [-0.25, -0.2) is 0 Å². The fourth-order valence-corrected chi connectivity index (χ4v) is 389. The van der Waals surface area contributed by atoms with E-state index in [1.54, 1.807) is 0 Å². The lowest BCUT2D eigenvalue weighted by Gasteiger charge is -2.51. The second kappa shape index (κ2) is 32.4. The maximum absolute atomic E-state index is 3.28. The minimum absolute atomic E-state index is 0.0147. The number of hydrogen-bond acceptors (Lipinski definition) is 1. The molecule has 2 nitrogen and oxygen atoms in total. The second-order valence-corrected chi connectivity index (χ2v) is 136. The molecule has 2 aliphatic carbocycles. The van der Waals surface area contributed by atoms with Crippen LogP contribution >= 0.6 is 233 Å². The van der Waals surface area contributed by atoms with E-state index >= 15 is 0 Å². The number of benzene rings is 8. The van der Waals surface area contributed by atoms with Crippen molar-refractivity contribution in [1.29, 1.82) is 0 Å². The summed E-state index contributed by atoms with van der Waals surface area (Å²) >= 11 is 0. The van der Waals surface area contributed by atoms with Crippen LogP contribution in [0.3, 0.4) is 0 Å². The van der Waals surface area contributed by atoms with Crippen molar-refractivity contribution in [3.63, 3.8) is 0 Å². The molecule has 0 fully saturated rings. The third-order valence-corrected chi connectivity index (χ3v) is 206. The summed E-state index contributed by atoms with van der Waals surface area (Å²) in [4.78, 5) is 2.56. The lowest BCUT2D eigenvalue weighted by molar-refractivity contribution is 0.660. The molecule has 0 spiro atoms. The molecule has 0 bridgehead atoms. The largest absolute Gasteiger partial charge is 0.309 e. The van der Waals surface area contributed by atoms with Gasteiger partial charge in [-0.2, -0.15) is 0 Å². The molecule has 85 heavy (non-hydrogen) atoms.